The van der Waals surface area contributed by atoms with Gasteiger partial charge in [0, 0.05) is 31.9 Å². The maximum Gasteiger partial charge on any atom is 0.321 e. The van der Waals surface area contributed by atoms with Crippen LogP contribution in [0.5, 0.6) is 0 Å². The van der Waals surface area contributed by atoms with Gasteiger partial charge in [0.05, 0.1) is 5.92 Å². The molecule has 150 valence electrons. The predicted molar refractivity (Wildman–Crippen MR) is 110 cm³/mol. The average molecular weight is 395 g/mol. The smallest absolute Gasteiger partial charge is 0.321 e. The van der Waals surface area contributed by atoms with Crippen LogP contribution in [0.4, 0.5) is 10.5 Å². The summed E-state index contributed by atoms with van der Waals surface area (Å²) < 4.78 is 0. The molecular weight excluding hydrogens is 364 g/mol. The van der Waals surface area contributed by atoms with Crippen molar-refractivity contribution in [3.8, 4) is 0 Å². The molecule has 2 aliphatic rings. The van der Waals surface area contributed by atoms with Crippen molar-refractivity contribution < 1.29 is 9.59 Å². The Balaban J connectivity index is 0.00000261. The van der Waals surface area contributed by atoms with Gasteiger partial charge >= 0.3 is 6.03 Å². The van der Waals surface area contributed by atoms with Gasteiger partial charge in [0.2, 0.25) is 5.91 Å². The van der Waals surface area contributed by atoms with Gasteiger partial charge in [0.25, 0.3) is 0 Å². The SMILES string of the molecule is Cc1cccc(NC(=O)N2CCCC(C(=O)N3CCC(C)(CN)C3)C2)c1.Cl. The van der Waals surface area contributed by atoms with Gasteiger partial charge in [-0.25, -0.2) is 4.79 Å². The number of urea groups is 1. The number of nitrogens with one attached hydrogen (secondary N) is 1. The molecule has 3 N–H and O–H groups in total. The molecule has 0 saturated carbocycles. The van der Waals surface area contributed by atoms with Crippen LogP contribution < -0.4 is 11.1 Å². The van der Waals surface area contributed by atoms with Crippen LogP contribution in [0.15, 0.2) is 24.3 Å². The van der Waals surface area contributed by atoms with E-state index in [0.717, 1.165) is 43.6 Å². The fourth-order valence-corrected chi connectivity index (χ4v) is 3.93. The van der Waals surface area contributed by atoms with Crippen LogP contribution in [0.25, 0.3) is 0 Å². The number of nitrogens with zero attached hydrogens (tertiary/aromatic N) is 2. The highest BCUT2D eigenvalue weighted by Gasteiger charge is 2.38. The number of rotatable bonds is 3. The van der Waals surface area contributed by atoms with Crippen LogP contribution in [0.3, 0.4) is 0 Å². The zero-order chi connectivity index (χ0) is 18.7. The van der Waals surface area contributed by atoms with E-state index < -0.39 is 0 Å². The fourth-order valence-electron chi connectivity index (χ4n) is 3.93. The lowest BCUT2D eigenvalue weighted by Crippen LogP contribution is -2.48. The van der Waals surface area contributed by atoms with Crippen molar-refractivity contribution >= 4 is 30.0 Å². The summed E-state index contributed by atoms with van der Waals surface area (Å²) in [4.78, 5) is 29.2. The van der Waals surface area contributed by atoms with Crippen LogP contribution in [0.1, 0.15) is 31.7 Å². The molecule has 1 aromatic rings. The third-order valence-corrected chi connectivity index (χ3v) is 5.69. The number of aryl methyl sites for hydroxylation is 1. The van der Waals surface area contributed by atoms with E-state index in [9.17, 15) is 9.59 Å². The summed E-state index contributed by atoms with van der Waals surface area (Å²) in [6.07, 6.45) is 2.67. The number of halogens is 1. The van der Waals surface area contributed by atoms with Crippen molar-refractivity contribution in [1.29, 1.82) is 0 Å². The van der Waals surface area contributed by atoms with E-state index in [1.165, 1.54) is 0 Å². The van der Waals surface area contributed by atoms with E-state index in [1.807, 2.05) is 36.1 Å². The van der Waals surface area contributed by atoms with Crippen molar-refractivity contribution in [2.75, 3.05) is 38.0 Å². The maximum absolute atomic E-state index is 12.9. The molecule has 2 fully saturated rings. The van der Waals surface area contributed by atoms with Gasteiger partial charge < -0.3 is 20.9 Å². The number of benzene rings is 1. The Bertz CT molecular complexity index is 684. The summed E-state index contributed by atoms with van der Waals surface area (Å²) in [6, 6.07) is 7.63. The third-order valence-electron chi connectivity index (χ3n) is 5.69. The maximum atomic E-state index is 12.9. The summed E-state index contributed by atoms with van der Waals surface area (Å²) in [7, 11) is 0. The van der Waals surface area contributed by atoms with Gasteiger partial charge in [-0.05, 0) is 55.8 Å². The van der Waals surface area contributed by atoms with Gasteiger partial charge in [-0.15, -0.1) is 12.4 Å². The van der Waals surface area contributed by atoms with Crippen LogP contribution in [-0.2, 0) is 4.79 Å². The number of amides is 3. The molecule has 0 aliphatic carbocycles. The first kappa shape index (κ1) is 21.5. The topological polar surface area (TPSA) is 78.7 Å². The summed E-state index contributed by atoms with van der Waals surface area (Å²) in [6.45, 7) is 7.44. The largest absolute Gasteiger partial charge is 0.342 e. The molecule has 0 bridgehead atoms. The molecule has 7 heteroatoms. The Labute approximate surface area is 167 Å². The second kappa shape index (κ2) is 8.93. The standard InChI is InChI=1S/C20H30N4O2.ClH/c1-15-5-3-7-17(11-15)22-19(26)23-9-4-6-16(12-23)18(25)24-10-8-20(2,13-21)14-24;/h3,5,7,11,16H,4,6,8-10,12-14,21H2,1-2H3,(H,22,26);1H. The predicted octanol–water partition coefficient (Wildman–Crippen LogP) is 2.86. The highest BCUT2D eigenvalue weighted by atomic mass is 35.5. The lowest BCUT2D eigenvalue weighted by molar-refractivity contribution is -0.136. The summed E-state index contributed by atoms with van der Waals surface area (Å²) in [5, 5.41) is 2.95. The molecule has 1 aromatic carbocycles. The van der Waals surface area contributed by atoms with Crippen molar-refractivity contribution in [3.05, 3.63) is 29.8 Å². The van der Waals surface area contributed by atoms with E-state index in [4.69, 9.17) is 5.73 Å². The molecule has 27 heavy (non-hydrogen) atoms. The molecular formula is C20H31ClN4O2. The van der Waals surface area contributed by atoms with Crippen LogP contribution in [-0.4, -0.2) is 54.5 Å². The molecule has 2 aliphatic heterocycles. The quantitative estimate of drug-likeness (QED) is 0.827. The van der Waals surface area contributed by atoms with Crippen molar-refractivity contribution in [3.63, 3.8) is 0 Å². The molecule has 0 radical (unpaired) electrons. The first-order chi connectivity index (χ1) is 12.4. The minimum Gasteiger partial charge on any atom is -0.342 e. The van der Waals surface area contributed by atoms with Crippen molar-refractivity contribution in [2.45, 2.75) is 33.1 Å². The summed E-state index contributed by atoms with van der Waals surface area (Å²) in [5.41, 5.74) is 7.79. The first-order valence-electron chi connectivity index (χ1n) is 9.52. The third kappa shape index (κ3) is 5.14. The Morgan fingerprint density at radius 2 is 2.07 bits per heavy atom. The molecule has 0 spiro atoms. The zero-order valence-corrected chi connectivity index (χ0v) is 17.1. The van der Waals surface area contributed by atoms with E-state index >= 15 is 0 Å². The molecule has 2 saturated heterocycles. The number of carbonyl (C=O) groups is 2. The van der Waals surface area contributed by atoms with Gasteiger partial charge in [0.1, 0.15) is 0 Å². The van der Waals surface area contributed by atoms with Crippen LogP contribution >= 0.6 is 12.4 Å². The normalized spacial score (nSPS) is 25.1. The highest BCUT2D eigenvalue weighted by Crippen LogP contribution is 2.31. The molecule has 2 atom stereocenters. The molecule has 0 aromatic heterocycles. The van der Waals surface area contributed by atoms with Crippen molar-refractivity contribution in [2.24, 2.45) is 17.1 Å². The van der Waals surface area contributed by atoms with Gasteiger partial charge in [0.15, 0.2) is 0 Å². The van der Waals surface area contributed by atoms with Gasteiger partial charge in [-0.2, -0.15) is 0 Å². The van der Waals surface area contributed by atoms with Gasteiger partial charge in [-0.1, -0.05) is 19.1 Å². The second-order valence-corrected chi connectivity index (χ2v) is 8.11. The fraction of sp³-hybridized carbons (Fsp3) is 0.600. The van der Waals surface area contributed by atoms with E-state index in [-0.39, 0.29) is 35.7 Å². The van der Waals surface area contributed by atoms with Crippen molar-refractivity contribution in [1.82, 2.24) is 9.80 Å². The van der Waals surface area contributed by atoms with Crippen LogP contribution in [0, 0.1) is 18.3 Å². The lowest BCUT2D eigenvalue weighted by atomic mass is 9.90. The summed E-state index contributed by atoms with van der Waals surface area (Å²) in [5.74, 6) is 0.0716. The van der Waals surface area contributed by atoms with E-state index in [1.54, 1.807) is 4.90 Å². The number of carbonyl (C=O) groups excluding carboxylic acids is 2. The number of hydrogen-bond donors (Lipinski definition) is 2. The summed E-state index contributed by atoms with van der Waals surface area (Å²) >= 11 is 0. The minimum atomic E-state index is -0.124. The number of hydrogen-bond acceptors (Lipinski definition) is 3. The Kier molecular flexibility index (Phi) is 7.12. The number of anilines is 1. The number of nitrogens with two attached hydrogens (primary N) is 1. The highest BCUT2D eigenvalue weighted by molar-refractivity contribution is 5.90. The van der Waals surface area contributed by atoms with Gasteiger partial charge in [-0.3, -0.25) is 4.79 Å². The molecule has 2 heterocycles. The minimum absolute atomic E-state index is 0. The molecule has 3 amide bonds. The molecule has 3 rings (SSSR count). The second-order valence-electron chi connectivity index (χ2n) is 8.11. The zero-order valence-electron chi connectivity index (χ0n) is 16.2. The Hall–Kier alpha value is -1.79. The Morgan fingerprint density at radius 1 is 1.30 bits per heavy atom. The Morgan fingerprint density at radius 3 is 2.74 bits per heavy atom. The van der Waals surface area contributed by atoms with Crippen LogP contribution in [0.2, 0.25) is 0 Å². The first-order valence-corrected chi connectivity index (χ1v) is 9.52. The van der Waals surface area contributed by atoms with E-state index in [2.05, 4.69) is 12.2 Å². The lowest BCUT2D eigenvalue weighted by Gasteiger charge is -2.34. The number of piperidine rings is 1. The monoisotopic (exact) mass is 394 g/mol. The van der Waals surface area contributed by atoms with E-state index in [0.29, 0.717) is 19.6 Å². The molecule has 2 unspecified atom stereocenters. The average Bonchev–Trinajstić information content (AvgIpc) is 3.04. The molecule has 6 nitrogen and oxygen atoms in total. The number of likely N-dealkylation sites (tertiary alicyclic amines) is 2.